The van der Waals surface area contributed by atoms with Crippen LogP contribution in [0.25, 0.3) is 0 Å². The van der Waals surface area contributed by atoms with Gasteiger partial charge in [0.05, 0.1) is 22.9 Å². The highest BCUT2D eigenvalue weighted by atomic mass is 35.5. The predicted octanol–water partition coefficient (Wildman–Crippen LogP) is 3.60. The second-order valence-corrected chi connectivity index (χ2v) is 5.07. The average molecular weight is 265 g/mol. The first-order valence-corrected chi connectivity index (χ1v) is 6.56. The Balaban J connectivity index is 2.28. The number of ether oxygens (including phenoxy) is 1. The summed E-state index contributed by atoms with van der Waals surface area (Å²) in [7, 11) is 1.66. The van der Waals surface area contributed by atoms with E-state index in [1.54, 1.807) is 7.11 Å². The SMILES string of the molecule is COC1CCCCC1(C#N)Nc1ccccc1Cl. The van der Waals surface area contributed by atoms with E-state index in [1.165, 1.54) is 0 Å². The van der Waals surface area contributed by atoms with Crippen LogP contribution in [0.4, 0.5) is 5.69 Å². The van der Waals surface area contributed by atoms with Gasteiger partial charge in [0.2, 0.25) is 0 Å². The number of hydrogen-bond donors (Lipinski definition) is 1. The molecule has 2 rings (SSSR count). The number of halogens is 1. The summed E-state index contributed by atoms with van der Waals surface area (Å²) in [6.45, 7) is 0. The summed E-state index contributed by atoms with van der Waals surface area (Å²) < 4.78 is 5.48. The normalized spacial score (nSPS) is 27.5. The molecule has 1 aliphatic rings. The van der Waals surface area contributed by atoms with Crippen LogP contribution in [0.3, 0.4) is 0 Å². The van der Waals surface area contributed by atoms with Crippen molar-refractivity contribution in [2.45, 2.75) is 37.3 Å². The van der Waals surface area contributed by atoms with E-state index >= 15 is 0 Å². The van der Waals surface area contributed by atoms with Crippen molar-refractivity contribution in [1.29, 1.82) is 5.26 Å². The molecule has 0 aromatic heterocycles. The molecule has 2 atom stereocenters. The molecule has 18 heavy (non-hydrogen) atoms. The summed E-state index contributed by atoms with van der Waals surface area (Å²) in [6, 6.07) is 9.89. The molecular formula is C14H17ClN2O. The molecule has 0 heterocycles. The first-order valence-electron chi connectivity index (χ1n) is 6.18. The topological polar surface area (TPSA) is 45.0 Å². The van der Waals surface area contributed by atoms with Crippen molar-refractivity contribution in [3.8, 4) is 6.07 Å². The van der Waals surface area contributed by atoms with Gasteiger partial charge in [0, 0.05) is 7.11 Å². The summed E-state index contributed by atoms with van der Waals surface area (Å²) in [6.07, 6.45) is 3.73. The molecule has 1 aromatic carbocycles. The second-order valence-electron chi connectivity index (χ2n) is 4.66. The third-order valence-corrected chi connectivity index (χ3v) is 3.88. The third-order valence-electron chi connectivity index (χ3n) is 3.55. The minimum Gasteiger partial charge on any atom is -0.378 e. The lowest BCUT2D eigenvalue weighted by Crippen LogP contribution is -2.51. The number of rotatable bonds is 3. The van der Waals surface area contributed by atoms with Gasteiger partial charge < -0.3 is 10.1 Å². The van der Waals surface area contributed by atoms with E-state index in [1.807, 2.05) is 24.3 Å². The fourth-order valence-corrected chi connectivity index (χ4v) is 2.74. The number of para-hydroxylation sites is 1. The van der Waals surface area contributed by atoms with Gasteiger partial charge in [-0.1, -0.05) is 30.2 Å². The molecule has 0 saturated heterocycles. The van der Waals surface area contributed by atoms with E-state index in [-0.39, 0.29) is 6.10 Å². The largest absolute Gasteiger partial charge is 0.378 e. The van der Waals surface area contributed by atoms with Gasteiger partial charge in [0.25, 0.3) is 0 Å². The summed E-state index contributed by atoms with van der Waals surface area (Å²) in [5.41, 5.74) is 0.127. The van der Waals surface area contributed by atoms with Gasteiger partial charge in [-0.3, -0.25) is 0 Å². The van der Waals surface area contributed by atoms with Crippen LogP contribution >= 0.6 is 11.6 Å². The third kappa shape index (κ3) is 2.45. The fraction of sp³-hybridized carbons (Fsp3) is 0.500. The molecule has 0 aliphatic heterocycles. The van der Waals surface area contributed by atoms with Crippen molar-refractivity contribution in [3.05, 3.63) is 29.3 Å². The quantitative estimate of drug-likeness (QED) is 0.907. The first kappa shape index (κ1) is 13.2. The first-order chi connectivity index (χ1) is 8.72. The summed E-state index contributed by atoms with van der Waals surface area (Å²) in [5, 5.41) is 13.5. The van der Waals surface area contributed by atoms with Crippen molar-refractivity contribution in [2.75, 3.05) is 12.4 Å². The number of anilines is 1. The van der Waals surface area contributed by atoms with Crippen molar-refractivity contribution >= 4 is 17.3 Å². The zero-order valence-electron chi connectivity index (χ0n) is 10.4. The lowest BCUT2D eigenvalue weighted by molar-refractivity contribution is 0.0370. The van der Waals surface area contributed by atoms with Gasteiger partial charge >= 0.3 is 0 Å². The minimum absolute atomic E-state index is 0.0903. The maximum Gasteiger partial charge on any atom is 0.151 e. The Kier molecular flexibility index (Phi) is 4.11. The van der Waals surface area contributed by atoms with Crippen molar-refractivity contribution < 1.29 is 4.74 Å². The van der Waals surface area contributed by atoms with Gasteiger partial charge in [-0.25, -0.2) is 0 Å². The van der Waals surface area contributed by atoms with Crippen LogP contribution in [0.1, 0.15) is 25.7 Å². The van der Waals surface area contributed by atoms with Gasteiger partial charge in [0.15, 0.2) is 5.54 Å². The number of hydrogen-bond acceptors (Lipinski definition) is 3. The molecular weight excluding hydrogens is 248 g/mol. The Hall–Kier alpha value is -1.24. The highest BCUT2D eigenvalue weighted by molar-refractivity contribution is 6.33. The minimum atomic E-state index is -0.669. The summed E-state index contributed by atoms with van der Waals surface area (Å²) in [4.78, 5) is 0. The monoisotopic (exact) mass is 264 g/mol. The molecule has 1 aliphatic carbocycles. The van der Waals surface area contributed by atoms with Crippen LogP contribution in [0.2, 0.25) is 5.02 Å². The molecule has 1 aromatic rings. The van der Waals surface area contributed by atoms with Crippen LogP contribution in [-0.2, 0) is 4.74 Å². The molecule has 2 unspecified atom stereocenters. The Morgan fingerprint density at radius 3 is 2.89 bits per heavy atom. The second kappa shape index (κ2) is 5.60. The molecule has 3 nitrogen and oxygen atoms in total. The summed E-state index contributed by atoms with van der Waals surface area (Å²) >= 11 is 6.14. The van der Waals surface area contributed by atoms with Crippen LogP contribution < -0.4 is 5.32 Å². The van der Waals surface area contributed by atoms with E-state index in [4.69, 9.17) is 16.3 Å². The highest BCUT2D eigenvalue weighted by Gasteiger charge is 2.41. The van der Waals surface area contributed by atoms with Gasteiger partial charge in [0.1, 0.15) is 0 Å². The van der Waals surface area contributed by atoms with E-state index in [2.05, 4.69) is 11.4 Å². The number of nitrogens with one attached hydrogen (secondary N) is 1. The molecule has 4 heteroatoms. The van der Waals surface area contributed by atoms with Crippen LogP contribution in [0.5, 0.6) is 0 Å². The lowest BCUT2D eigenvalue weighted by atomic mass is 9.80. The van der Waals surface area contributed by atoms with Crippen molar-refractivity contribution in [2.24, 2.45) is 0 Å². The molecule has 1 saturated carbocycles. The van der Waals surface area contributed by atoms with Gasteiger partial charge in [-0.05, 0) is 31.4 Å². The van der Waals surface area contributed by atoms with Crippen LogP contribution in [-0.4, -0.2) is 18.8 Å². The molecule has 96 valence electrons. The van der Waals surface area contributed by atoms with Gasteiger partial charge in [-0.2, -0.15) is 5.26 Å². The average Bonchev–Trinajstić information content (AvgIpc) is 2.42. The molecule has 0 spiro atoms. The van der Waals surface area contributed by atoms with E-state index < -0.39 is 5.54 Å². The standard InChI is InChI=1S/C14H17ClN2O/c1-18-13-8-4-5-9-14(13,10-16)17-12-7-3-2-6-11(12)15/h2-3,6-7,13,17H,4-5,8-9H2,1H3. The Labute approximate surface area is 113 Å². The Morgan fingerprint density at radius 2 is 2.22 bits per heavy atom. The molecule has 1 N–H and O–H groups in total. The molecule has 0 amide bonds. The molecule has 1 fully saturated rings. The van der Waals surface area contributed by atoms with Crippen LogP contribution in [0.15, 0.2) is 24.3 Å². The maximum atomic E-state index is 9.56. The number of nitriles is 1. The van der Waals surface area contributed by atoms with Crippen LogP contribution in [0, 0.1) is 11.3 Å². The lowest BCUT2D eigenvalue weighted by Gasteiger charge is -2.39. The number of methoxy groups -OCH3 is 1. The highest BCUT2D eigenvalue weighted by Crippen LogP contribution is 2.35. The fourth-order valence-electron chi connectivity index (χ4n) is 2.56. The van der Waals surface area contributed by atoms with Gasteiger partial charge in [-0.15, -0.1) is 0 Å². The zero-order chi connectivity index (χ0) is 13.0. The van der Waals surface area contributed by atoms with E-state index in [9.17, 15) is 5.26 Å². The van der Waals surface area contributed by atoms with Crippen molar-refractivity contribution in [3.63, 3.8) is 0 Å². The zero-order valence-corrected chi connectivity index (χ0v) is 11.2. The Morgan fingerprint density at radius 1 is 1.44 bits per heavy atom. The maximum absolute atomic E-state index is 9.56. The number of benzene rings is 1. The summed E-state index contributed by atoms with van der Waals surface area (Å²) in [5.74, 6) is 0. The molecule has 0 radical (unpaired) electrons. The number of nitrogens with zero attached hydrogens (tertiary/aromatic N) is 1. The van der Waals surface area contributed by atoms with E-state index in [0.717, 1.165) is 31.4 Å². The smallest absolute Gasteiger partial charge is 0.151 e. The van der Waals surface area contributed by atoms with Crippen molar-refractivity contribution in [1.82, 2.24) is 0 Å². The predicted molar refractivity (Wildman–Crippen MR) is 72.7 cm³/mol. The molecule has 0 bridgehead atoms. The Bertz CT molecular complexity index is 457. The van der Waals surface area contributed by atoms with E-state index in [0.29, 0.717) is 5.02 Å².